The summed E-state index contributed by atoms with van der Waals surface area (Å²) in [4.78, 5) is 27.4. The van der Waals surface area contributed by atoms with Crippen molar-refractivity contribution in [2.45, 2.75) is 32.2 Å². The Morgan fingerprint density at radius 3 is 2.94 bits per heavy atom. The van der Waals surface area contributed by atoms with Crippen LogP contribution in [0.4, 0.5) is 10.1 Å². The van der Waals surface area contributed by atoms with E-state index in [1.165, 1.54) is 12.4 Å². The Balaban J connectivity index is 1.19. The van der Waals surface area contributed by atoms with Crippen molar-refractivity contribution in [3.8, 4) is 11.4 Å². The van der Waals surface area contributed by atoms with Crippen LogP contribution in [-0.4, -0.2) is 28.0 Å². The molecule has 7 nitrogen and oxygen atoms in total. The second-order valence-electron chi connectivity index (χ2n) is 7.35. The van der Waals surface area contributed by atoms with Crippen LogP contribution in [0.3, 0.4) is 0 Å². The number of imidazole rings is 1. The van der Waals surface area contributed by atoms with Crippen LogP contribution in [0, 0.1) is 5.82 Å². The Labute approximate surface area is 179 Å². The number of aromatic nitrogens is 2. The fourth-order valence-electron chi connectivity index (χ4n) is 3.43. The van der Waals surface area contributed by atoms with E-state index in [0.29, 0.717) is 43.5 Å². The maximum Gasteiger partial charge on any atom is 0.224 e. The number of hydrogen-bond acceptors (Lipinski definition) is 4. The number of fused-ring (bicyclic) bond motifs is 1. The van der Waals surface area contributed by atoms with Crippen LogP contribution in [0.25, 0.3) is 5.69 Å². The first-order valence-electron chi connectivity index (χ1n) is 10.2. The van der Waals surface area contributed by atoms with Crippen LogP contribution in [-0.2, 0) is 22.6 Å². The predicted molar refractivity (Wildman–Crippen MR) is 113 cm³/mol. The summed E-state index contributed by atoms with van der Waals surface area (Å²) in [5, 5.41) is 5.64. The van der Waals surface area contributed by atoms with Gasteiger partial charge in [0, 0.05) is 37.5 Å². The summed E-state index contributed by atoms with van der Waals surface area (Å²) in [5.74, 6) is 0.270. The third-order valence-corrected chi connectivity index (χ3v) is 5.07. The van der Waals surface area contributed by atoms with Crippen molar-refractivity contribution in [1.82, 2.24) is 14.9 Å². The van der Waals surface area contributed by atoms with Crippen LogP contribution >= 0.6 is 0 Å². The molecule has 0 fully saturated rings. The van der Waals surface area contributed by atoms with Gasteiger partial charge in [0.25, 0.3) is 0 Å². The molecule has 2 N–H and O–H groups in total. The first kappa shape index (κ1) is 20.6. The van der Waals surface area contributed by atoms with E-state index in [-0.39, 0.29) is 24.2 Å². The van der Waals surface area contributed by atoms with Crippen LogP contribution in [0.5, 0.6) is 5.75 Å². The number of hydrogen-bond donors (Lipinski definition) is 2. The summed E-state index contributed by atoms with van der Waals surface area (Å²) in [6.07, 6.45) is 6.85. The molecule has 8 heteroatoms. The molecular formula is C23H23FN4O3. The minimum Gasteiger partial charge on any atom is -0.494 e. The summed E-state index contributed by atoms with van der Waals surface area (Å²) in [6.45, 7) is 0.671. The topological polar surface area (TPSA) is 85.3 Å². The molecule has 1 aliphatic rings. The zero-order valence-corrected chi connectivity index (χ0v) is 16.9. The van der Waals surface area contributed by atoms with E-state index in [1.54, 1.807) is 29.1 Å². The average Bonchev–Trinajstić information content (AvgIpc) is 3.30. The number of halogens is 1. The SMILES string of the molecule is O=C(CCCOc1ccc2c(c1)CCC(=O)N2)NCc1ccc(-n2ccnc2)c(F)c1. The molecule has 1 aromatic heterocycles. The molecule has 160 valence electrons. The fourth-order valence-corrected chi connectivity index (χ4v) is 3.43. The number of amides is 2. The van der Waals surface area contributed by atoms with E-state index < -0.39 is 0 Å². The lowest BCUT2D eigenvalue weighted by molar-refractivity contribution is -0.121. The number of ether oxygens (including phenoxy) is 1. The summed E-state index contributed by atoms with van der Waals surface area (Å²) in [6, 6.07) is 10.4. The molecule has 2 heterocycles. The van der Waals surface area contributed by atoms with Crippen molar-refractivity contribution in [2.24, 2.45) is 0 Å². The fraction of sp³-hybridized carbons (Fsp3) is 0.261. The van der Waals surface area contributed by atoms with Crippen LogP contribution < -0.4 is 15.4 Å². The van der Waals surface area contributed by atoms with Gasteiger partial charge in [-0.1, -0.05) is 6.07 Å². The molecule has 0 bridgehead atoms. The molecule has 0 radical (unpaired) electrons. The highest BCUT2D eigenvalue weighted by molar-refractivity contribution is 5.94. The Bertz CT molecular complexity index is 1080. The lowest BCUT2D eigenvalue weighted by atomic mass is 10.0. The maximum atomic E-state index is 14.3. The van der Waals surface area contributed by atoms with E-state index in [1.807, 2.05) is 18.2 Å². The van der Waals surface area contributed by atoms with Crippen LogP contribution in [0.15, 0.2) is 55.1 Å². The van der Waals surface area contributed by atoms with Gasteiger partial charge < -0.3 is 19.9 Å². The largest absolute Gasteiger partial charge is 0.494 e. The number of carbonyl (C=O) groups excluding carboxylic acids is 2. The van der Waals surface area contributed by atoms with Gasteiger partial charge in [-0.3, -0.25) is 9.59 Å². The van der Waals surface area contributed by atoms with Crippen molar-refractivity contribution in [3.63, 3.8) is 0 Å². The van der Waals surface area contributed by atoms with Gasteiger partial charge in [-0.2, -0.15) is 0 Å². The molecule has 1 aliphatic heterocycles. The second-order valence-corrected chi connectivity index (χ2v) is 7.35. The van der Waals surface area contributed by atoms with Gasteiger partial charge in [0.05, 0.1) is 18.6 Å². The van der Waals surface area contributed by atoms with Crippen LogP contribution in [0.2, 0.25) is 0 Å². The summed E-state index contributed by atoms with van der Waals surface area (Å²) in [7, 11) is 0. The monoisotopic (exact) mass is 422 g/mol. The normalized spacial score (nSPS) is 12.7. The third-order valence-electron chi connectivity index (χ3n) is 5.07. The van der Waals surface area contributed by atoms with Gasteiger partial charge in [0.1, 0.15) is 11.6 Å². The number of rotatable bonds is 8. The molecule has 0 unspecified atom stereocenters. The number of aryl methyl sites for hydroxylation is 1. The van der Waals surface area contributed by atoms with Gasteiger partial charge in [-0.05, 0) is 54.3 Å². The van der Waals surface area contributed by atoms with Crippen molar-refractivity contribution >= 4 is 17.5 Å². The second kappa shape index (κ2) is 9.42. The lowest BCUT2D eigenvalue weighted by Crippen LogP contribution is -2.23. The maximum absolute atomic E-state index is 14.3. The summed E-state index contributed by atoms with van der Waals surface area (Å²) < 4.78 is 21.6. The Hall–Kier alpha value is -3.68. The standard InChI is InChI=1S/C23H23FN4O3/c24-19-12-16(3-7-21(19)28-10-9-25-15-28)14-26-22(29)2-1-11-31-18-5-6-20-17(13-18)4-8-23(30)27-20/h3,5-7,9-10,12-13,15H,1-2,4,8,11,14H2,(H,26,29)(H,27,30). The minimum absolute atomic E-state index is 0.0315. The van der Waals surface area contributed by atoms with Crippen molar-refractivity contribution in [1.29, 1.82) is 0 Å². The van der Waals surface area contributed by atoms with E-state index in [0.717, 1.165) is 17.0 Å². The predicted octanol–water partition coefficient (Wildman–Crippen LogP) is 3.37. The molecular weight excluding hydrogens is 399 g/mol. The molecule has 0 saturated heterocycles. The smallest absolute Gasteiger partial charge is 0.224 e. The van der Waals surface area contributed by atoms with Gasteiger partial charge >= 0.3 is 0 Å². The molecule has 4 rings (SSSR count). The van der Waals surface area contributed by atoms with Crippen molar-refractivity contribution in [2.75, 3.05) is 11.9 Å². The molecule has 0 spiro atoms. The number of anilines is 1. The quantitative estimate of drug-likeness (QED) is 0.545. The Kier molecular flexibility index (Phi) is 6.26. The third kappa shape index (κ3) is 5.28. The first-order chi connectivity index (χ1) is 15.1. The Morgan fingerprint density at radius 1 is 1.23 bits per heavy atom. The average molecular weight is 422 g/mol. The van der Waals surface area contributed by atoms with Gasteiger partial charge in [-0.15, -0.1) is 0 Å². The van der Waals surface area contributed by atoms with Crippen molar-refractivity contribution in [3.05, 3.63) is 72.1 Å². The lowest BCUT2D eigenvalue weighted by Gasteiger charge is -2.17. The molecule has 31 heavy (non-hydrogen) atoms. The number of nitrogens with one attached hydrogen (secondary N) is 2. The highest BCUT2D eigenvalue weighted by atomic mass is 19.1. The molecule has 0 saturated carbocycles. The molecule has 0 atom stereocenters. The van der Waals surface area contributed by atoms with Gasteiger partial charge in [-0.25, -0.2) is 9.37 Å². The highest BCUT2D eigenvalue weighted by Gasteiger charge is 2.15. The summed E-state index contributed by atoms with van der Waals surface area (Å²) >= 11 is 0. The Morgan fingerprint density at radius 2 is 2.13 bits per heavy atom. The van der Waals surface area contributed by atoms with Gasteiger partial charge in [0.2, 0.25) is 11.8 Å². The minimum atomic E-state index is -0.372. The van der Waals surface area contributed by atoms with E-state index in [2.05, 4.69) is 15.6 Å². The van der Waals surface area contributed by atoms with Crippen LogP contribution in [0.1, 0.15) is 30.4 Å². The zero-order valence-electron chi connectivity index (χ0n) is 16.9. The highest BCUT2D eigenvalue weighted by Crippen LogP contribution is 2.26. The number of carbonyl (C=O) groups is 2. The van der Waals surface area contributed by atoms with Gasteiger partial charge in [0.15, 0.2) is 0 Å². The number of benzene rings is 2. The molecule has 0 aliphatic carbocycles. The van der Waals surface area contributed by atoms with E-state index in [9.17, 15) is 14.0 Å². The summed E-state index contributed by atoms with van der Waals surface area (Å²) in [5.41, 5.74) is 2.99. The molecule has 2 amide bonds. The molecule has 2 aromatic carbocycles. The first-order valence-corrected chi connectivity index (χ1v) is 10.2. The molecule has 3 aromatic rings. The van der Waals surface area contributed by atoms with E-state index >= 15 is 0 Å². The van der Waals surface area contributed by atoms with Crippen molar-refractivity contribution < 1.29 is 18.7 Å². The zero-order chi connectivity index (χ0) is 21.6. The van der Waals surface area contributed by atoms with E-state index in [4.69, 9.17) is 4.74 Å². The number of nitrogens with zero attached hydrogens (tertiary/aromatic N) is 2.